The largest absolute Gasteiger partial charge is 0.356 e. The zero-order chi connectivity index (χ0) is 12.8. The lowest BCUT2D eigenvalue weighted by Gasteiger charge is -2.06. The highest BCUT2D eigenvalue weighted by molar-refractivity contribution is 6.34. The van der Waals surface area contributed by atoms with Gasteiger partial charge in [-0.15, -0.1) is 0 Å². The highest BCUT2D eigenvalue weighted by Gasteiger charge is 2.08. The number of rotatable bonds is 5. The smallest absolute Gasteiger partial charge is 0.216 e. The molecule has 0 radical (unpaired) electrons. The van der Waals surface area contributed by atoms with Crippen LogP contribution in [0.25, 0.3) is 0 Å². The van der Waals surface area contributed by atoms with Gasteiger partial charge in [-0.1, -0.05) is 24.6 Å². The van der Waals surface area contributed by atoms with Gasteiger partial charge >= 0.3 is 0 Å². The Morgan fingerprint density at radius 2 is 2.06 bits per heavy atom. The van der Waals surface area contributed by atoms with Gasteiger partial charge in [0.2, 0.25) is 5.91 Å². The van der Waals surface area contributed by atoms with E-state index in [2.05, 4.69) is 5.32 Å². The van der Waals surface area contributed by atoms with E-state index < -0.39 is 0 Å². The topological polar surface area (TPSA) is 46.2 Å². The molecule has 1 amide bonds. The summed E-state index contributed by atoms with van der Waals surface area (Å²) in [5, 5.41) is 3.20. The summed E-state index contributed by atoms with van der Waals surface area (Å²) in [6.07, 6.45) is 1.16. The summed E-state index contributed by atoms with van der Waals surface area (Å²) < 4.78 is 0. The summed E-state index contributed by atoms with van der Waals surface area (Å²) in [6.45, 7) is 3.87. The molecule has 0 fully saturated rings. The lowest BCUT2D eigenvalue weighted by Crippen LogP contribution is -2.22. The minimum absolute atomic E-state index is 0.0448. The third-order valence-corrected chi connectivity index (χ3v) is 2.76. The number of benzene rings is 1. The number of halogens is 1. The summed E-state index contributed by atoms with van der Waals surface area (Å²) in [5.74, 6) is -0.00251. The molecule has 17 heavy (non-hydrogen) atoms. The van der Waals surface area contributed by atoms with Crippen molar-refractivity contribution >= 4 is 23.3 Å². The Labute approximate surface area is 106 Å². The fourth-order valence-corrected chi connectivity index (χ4v) is 1.82. The number of hydrogen-bond donors (Lipinski definition) is 1. The van der Waals surface area contributed by atoms with Gasteiger partial charge in [-0.3, -0.25) is 9.59 Å². The summed E-state index contributed by atoms with van der Waals surface area (Å²) in [4.78, 5) is 22.2. The van der Waals surface area contributed by atoms with E-state index in [4.69, 9.17) is 11.6 Å². The number of Topliss-reactive ketones (excluding diaryl/α,β-unsaturated/α-hetero) is 1. The second-order valence-electron chi connectivity index (χ2n) is 3.82. The first-order valence-electron chi connectivity index (χ1n) is 5.60. The van der Waals surface area contributed by atoms with Gasteiger partial charge in [-0.2, -0.15) is 0 Å². The molecular formula is C13H16ClNO2. The van der Waals surface area contributed by atoms with Gasteiger partial charge in [0.05, 0.1) is 5.02 Å². The summed E-state index contributed by atoms with van der Waals surface area (Å²) in [6, 6.07) is 5.40. The van der Waals surface area contributed by atoms with Crippen molar-refractivity contribution in [2.24, 2.45) is 0 Å². The molecule has 0 bridgehead atoms. The van der Waals surface area contributed by atoms with Crippen LogP contribution in [0.1, 0.15) is 36.2 Å². The van der Waals surface area contributed by atoms with Gasteiger partial charge in [0.15, 0.2) is 5.78 Å². The molecule has 0 unspecified atom stereocenters. The van der Waals surface area contributed by atoms with E-state index in [9.17, 15) is 9.59 Å². The van der Waals surface area contributed by atoms with Crippen LogP contribution >= 0.6 is 11.6 Å². The lowest BCUT2D eigenvalue weighted by atomic mass is 10.0. The lowest BCUT2D eigenvalue weighted by molar-refractivity contribution is -0.118. The van der Waals surface area contributed by atoms with Gasteiger partial charge in [-0.05, 0) is 24.1 Å². The quantitative estimate of drug-likeness (QED) is 0.820. The zero-order valence-electron chi connectivity index (χ0n) is 10.0. The first-order valence-corrected chi connectivity index (χ1v) is 5.98. The maximum absolute atomic E-state index is 11.5. The van der Waals surface area contributed by atoms with Crippen LogP contribution in [0.3, 0.4) is 0 Å². The molecule has 0 aliphatic carbocycles. The van der Waals surface area contributed by atoms with E-state index in [-0.39, 0.29) is 11.7 Å². The molecule has 1 rings (SSSR count). The van der Waals surface area contributed by atoms with Crippen LogP contribution in [0, 0.1) is 0 Å². The van der Waals surface area contributed by atoms with Gasteiger partial charge in [0.1, 0.15) is 0 Å². The average Bonchev–Trinajstić information content (AvgIpc) is 2.28. The van der Waals surface area contributed by atoms with Crippen LogP contribution < -0.4 is 5.32 Å². The van der Waals surface area contributed by atoms with Crippen molar-refractivity contribution in [2.75, 3.05) is 6.54 Å². The van der Waals surface area contributed by atoms with Crippen molar-refractivity contribution in [2.45, 2.75) is 26.7 Å². The Kier molecular flexibility index (Phi) is 5.16. The minimum atomic E-state index is -0.0473. The third-order valence-electron chi connectivity index (χ3n) is 2.44. The maximum atomic E-state index is 11.5. The molecule has 0 heterocycles. The Balaban J connectivity index is 2.68. The van der Waals surface area contributed by atoms with Crippen molar-refractivity contribution < 1.29 is 9.59 Å². The van der Waals surface area contributed by atoms with Crippen LogP contribution in [-0.4, -0.2) is 18.2 Å². The first kappa shape index (κ1) is 13.7. The second kappa shape index (κ2) is 6.40. The predicted octanol–water partition coefficient (Wildman–Crippen LogP) is 2.61. The minimum Gasteiger partial charge on any atom is -0.356 e. The molecule has 1 N–H and O–H groups in total. The third kappa shape index (κ3) is 4.19. The number of ketones is 1. The molecule has 0 aliphatic heterocycles. The summed E-state index contributed by atoms with van der Waals surface area (Å²) in [5.41, 5.74) is 1.58. The number of amides is 1. The molecule has 0 aliphatic rings. The van der Waals surface area contributed by atoms with Crippen molar-refractivity contribution in [3.05, 3.63) is 34.3 Å². The Hall–Kier alpha value is -1.35. The Bertz CT molecular complexity index is 429. The van der Waals surface area contributed by atoms with Crippen LogP contribution in [0.15, 0.2) is 18.2 Å². The molecule has 0 saturated heterocycles. The Morgan fingerprint density at radius 1 is 1.35 bits per heavy atom. The van der Waals surface area contributed by atoms with E-state index in [1.165, 1.54) is 6.92 Å². The maximum Gasteiger partial charge on any atom is 0.216 e. The standard InChI is InChI=1S/C13H16ClNO2/c1-3-13(17)11-5-4-10(8-12(11)14)6-7-15-9(2)16/h4-5,8H,3,6-7H2,1-2H3,(H,15,16). The number of carbonyl (C=O) groups excluding carboxylic acids is 2. The van der Waals surface area contributed by atoms with Crippen molar-refractivity contribution in [1.29, 1.82) is 0 Å². The first-order chi connectivity index (χ1) is 8.04. The number of nitrogens with one attached hydrogen (secondary N) is 1. The molecule has 0 spiro atoms. The van der Waals surface area contributed by atoms with Crippen LogP contribution in [0.5, 0.6) is 0 Å². The number of carbonyl (C=O) groups is 2. The van der Waals surface area contributed by atoms with Gasteiger partial charge in [0, 0.05) is 25.5 Å². The fraction of sp³-hybridized carbons (Fsp3) is 0.385. The SMILES string of the molecule is CCC(=O)c1ccc(CCNC(C)=O)cc1Cl. The van der Waals surface area contributed by atoms with Crippen molar-refractivity contribution in [1.82, 2.24) is 5.32 Å². The normalized spacial score (nSPS) is 10.1. The van der Waals surface area contributed by atoms with E-state index in [1.54, 1.807) is 12.1 Å². The highest BCUT2D eigenvalue weighted by atomic mass is 35.5. The van der Waals surface area contributed by atoms with Crippen molar-refractivity contribution in [3.63, 3.8) is 0 Å². The second-order valence-corrected chi connectivity index (χ2v) is 4.23. The van der Waals surface area contributed by atoms with E-state index in [0.29, 0.717) is 30.0 Å². The van der Waals surface area contributed by atoms with Crippen LogP contribution in [-0.2, 0) is 11.2 Å². The molecule has 0 aromatic heterocycles. The molecule has 1 aromatic carbocycles. The molecule has 0 atom stereocenters. The van der Waals surface area contributed by atoms with Gasteiger partial charge in [0.25, 0.3) is 0 Å². The molecule has 3 nitrogen and oxygen atoms in total. The van der Waals surface area contributed by atoms with Crippen LogP contribution in [0.2, 0.25) is 5.02 Å². The molecule has 4 heteroatoms. The Morgan fingerprint density at radius 3 is 2.59 bits per heavy atom. The zero-order valence-corrected chi connectivity index (χ0v) is 10.8. The predicted molar refractivity (Wildman–Crippen MR) is 68.5 cm³/mol. The summed E-state index contributed by atoms with van der Waals surface area (Å²) >= 11 is 6.04. The van der Waals surface area contributed by atoms with Gasteiger partial charge in [-0.25, -0.2) is 0 Å². The average molecular weight is 254 g/mol. The van der Waals surface area contributed by atoms with E-state index in [0.717, 1.165) is 5.56 Å². The molecule has 1 aromatic rings. The van der Waals surface area contributed by atoms with E-state index >= 15 is 0 Å². The monoisotopic (exact) mass is 253 g/mol. The van der Waals surface area contributed by atoms with Crippen molar-refractivity contribution in [3.8, 4) is 0 Å². The number of hydrogen-bond acceptors (Lipinski definition) is 2. The molecule has 92 valence electrons. The highest BCUT2D eigenvalue weighted by Crippen LogP contribution is 2.19. The van der Waals surface area contributed by atoms with E-state index in [1.807, 2.05) is 13.0 Å². The van der Waals surface area contributed by atoms with Gasteiger partial charge < -0.3 is 5.32 Å². The molecule has 0 saturated carbocycles. The fourth-order valence-electron chi connectivity index (χ4n) is 1.51. The molecular weight excluding hydrogens is 238 g/mol. The van der Waals surface area contributed by atoms with Crippen LogP contribution in [0.4, 0.5) is 0 Å². The summed E-state index contributed by atoms with van der Waals surface area (Å²) in [7, 11) is 0.